The maximum atomic E-state index is 12.4. The van der Waals surface area contributed by atoms with Gasteiger partial charge in [-0.15, -0.1) is 0 Å². The molecule has 1 saturated heterocycles. The minimum Gasteiger partial charge on any atom is -0.379 e. The number of aryl methyl sites for hydroxylation is 1. The van der Waals surface area contributed by atoms with Crippen LogP contribution >= 0.6 is 11.6 Å². The highest BCUT2D eigenvalue weighted by Gasteiger charge is 2.36. The summed E-state index contributed by atoms with van der Waals surface area (Å²) in [5.74, 6) is -0.124. The maximum absolute atomic E-state index is 12.4. The van der Waals surface area contributed by atoms with Gasteiger partial charge in [0.15, 0.2) is 0 Å². The zero-order valence-electron chi connectivity index (χ0n) is 14.2. The maximum Gasteiger partial charge on any atom is 0.244 e. The Kier molecular flexibility index (Phi) is 5.51. The van der Waals surface area contributed by atoms with Gasteiger partial charge < -0.3 is 10.1 Å². The summed E-state index contributed by atoms with van der Waals surface area (Å²) in [6, 6.07) is 9.70. The Hall–Kier alpha value is -2.17. The molecule has 0 radical (unpaired) electrons. The van der Waals surface area contributed by atoms with Gasteiger partial charge >= 0.3 is 0 Å². The van der Waals surface area contributed by atoms with Crippen LogP contribution in [0.2, 0.25) is 5.02 Å². The van der Waals surface area contributed by atoms with E-state index in [1.807, 2.05) is 37.3 Å². The molecule has 2 heterocycles. The van der Waals surface area contributed by atoms with Crippen LogP contribution < -0.4 is 5.32 Å². The number of carbonyl (C=O) groups excluding carboxylic acids is 1. The van der Waals surface area contributed by atoms with Crippen molar-refractivity contribution in [1.82, 2.24) is 10.3 Å². The van der Waals surface area contributed by atoms with E-state index in [0.29, 0.717) is 18.2 Å². The van der Waals surface area contributed by atoms with E-state index < -0.39 is 0 Å². The SMILES string of the molecule is Cc1cncc(C=CC(=O)NC2(Cc3ccc(Cl)cc3)CCOC2)c1. The molecule has 1 aliphatic rings. The van der Waals surface area contributed by atoms with E-state index in [-0.39, 0.29) is 11.4 Å². The van der Waals surface area contributed by atoms with Crippen LogP contribution in [0.1, 0.15) is 23.1 Å². The normalized spacial score (nSPS) is 20.1. The predicted molar refractivity (Wildman–Crippen MR) is 99.5 cm³/mol. The molecule has 1 aliphatic heterocycles. The Morgan fingerprint density at radius 1 is 1.36 bits per heavy atom. The minimum absolute atomic E-state index is 0.124. The highest BCUT2D eigenvalue weighted by molar-refractivity contribution is 6.30. The number of hydrogen-bond donors (Lipinski definition) is 1. The molecule has 1 unspecified atom stereocenters. The summed E-state index contributed by atoms with van der Waals surface area (Å²) in [5.41, 5.74) is 2.72. The number of nitrogens with one attached hydrogen (secondary N) is 1. The molecule has 0 spiro atoms. The van der Waals surface area contributed by atoms with Crippen LogP contribution in [0.25, 0.3) is 6.08 Å². The van der Waals surface area contributed by atoms with Gasteiger partial charge in [-0.1, -0.05) is 23.7 Å². The number of pyridine rings is 1. The molecule has 4 nitrogen and oxygen atoms in total. The first-order valence-electron chi connectivity index (χ1n) is 8.29. The van der Waals surface area contributed by atoms with E-state index in [9.17, 15) is 4.79 Å². The second kappa shape index (κ2) is 7.81. The molecule has 130 valence electrons. The molecule has 1 fully saturated rings. The number of amides is 1. The number of benzene rings is 1. The third kappa shape index (κ3) is 4.91. The first kappa shape index (κ1) is 17.6. The molecule has 1 aromatic carbocycles. The molecule has 1 atom stereocenters. The molecule has 1 amide bonds. The lowest BCUT2D eigenvalue weighted by molar-refractivity contribution is -0.118. The van der Waals surface area contributed by atoms with Gasteiger partial charge in [0.25, 0.3) is 0 Å². The second-order valence-corrected chi connectivity index (χ2v) is 6.94. The molecular weight excluding hydrogens is 336 g/mol. The van der Waals surface area contributed by atoms with Gasteiger partial charge in [-0.3, -0.25) is 9.78 Å². The molecule has 0 aliphatic carbocycles. The summed E-state index contributed by atoms with van der Waals surface area (Å²) >= 11 is 5.95. The molecular formula is C20H21ClN2O2. The Morgan fingerprint density at radius 2 is 2.16 bits per heavy atom. The Morgan fingerprint density at radius 3 is 2.84 bits per heavy atom. The summed E-state index contributed by atoms with van der Waals surface area (Å²) in [6.07, 6.45) is 8.36. The van der Waals surface area contributed by atoms with E-state index in [0.717, 1.165) is 29.5 Å². The van der Waals surface area contributed by atoms with Gasteiger partial charge in [0, 0.05) is 30.1 Å². The second-order valence-electron chi connectivity index (χ2n) is 6.50. The van der Waals surface area contributed by atoms with Crippen molar-refractivity contribution in [3.05, 3.63) is 70.5 Å². The van der Waals surface area contributed by atoms with Crippen LogP contribution in [0.15, 0.2) is 48.8 Å². The minimum atomic E-state index is -0.375. The van der Waals surface area contributed by atoms with Gasteiger partial charge in [0.2, 0.25) is 5.91 Å². The number of aromatic nitrogens is 1. The van der Waals surface area contributed by atoms with Gasteiger partial charge in [-0.05, 0) is 60.7 Å². The van der Waals surface area contributed by atoms with Gasteiger partial charge in [-0.2, -0.15) is 0 Å². The van der Waals surface area contributed by atoms with Crippen LogP contribution in [0.4, 0.5) is 0 Å². The van der Waals surface area contributed by atoms with Crippen molar-refractivity contribution < 1.29 is 9.53 Å². The first-order valence-corrected chi connectivity index (χ1v) is 8.67. The number of carbonyl (C=O) groups is 1. The third-order valence-corrected chi connectivity index (χ3v) is 4.52. The Labute approximate surface area is 152 Å². The number of halogens is 1. The average Bonchev–Trinajstić information content (AvgIpc) is 3.03. The summed E-state index contributed by atoms with van der Waals surface area (Å²) in [4.78, 5) is 16.5. The molecule has 25 heavy (non-hydrogen) atoms. The van der Waals surface area contributed by atoms with Crippen LogP contribution in [0, 0.1) is 6.92 Å². The fourth-order valence-electron chi connectivity index (χ4n) is 3.03. The molecule has 1 N–H and O–H groups in total. The van der Waals surface area contributed by atoms with E-state index in [1.54, 1.807) is 24.5 Å². The Balaban J connectivity index is 1.68. The predicted octanol–water partition coefficient (Wildman–Crippen LogP) is 3.57. The largest absolute Gasteiger partial charge is 0.379 e. The van der Waals surface area contributed by atoms with Crippen molar-refractivity contribution in [3.63, 3.8) is 0 Å². The number of ether oxygens (including phenoxy) is 1. The smallest absolute Gasteiger partial charge is 0.244 e. The Bertz CT molecular complexity index is 766. The number of nitrogens with zero attached hydrogens (tertiary/aromatic N) is 1. The fourth-order valence-corrected chi connectivity index (χ4v) is 3.15. The van der Waals surface area contributed by atoms with E-state index in [2.05, 4.69) is 10.3 Å². The standard InChI is InChI=1S/C20H21ClN2O2/c1-15-10-17(13-22-12-15)4-7-19(24)23-20(8-9-25-14-20)11-16-2-5-18(21)6-3-16/h2-7,10,12-13H,8-9,11,14H2,1H3,(H,23,24). The summed E-state index contributed by atoms with van der Waals surface area (Å²) < 4.78 is 5.56. The van der Waals surface area contributed by atoms with Crippen molar-refractivity contribution in [2.75, 3.05) is 13.2 Å². The van der Waals surface area contributed by atoms with E-state index >= 15 is 0 Å². The van der Waals surface area contributed by atoms with E-state index in [4.69, 9.17) is 16.3 Å². The molecule has 0 saturated carbocycles. The average molecular weight is 357 g/mol. The van der Waals surface area contributed by atoms with Gasteiger partial charge in [0.1, 0.15) is 0 Å². The monoisotopic (exact) mass is 356 g/mol. The molecule has 3 rings (SSSR count). The van der Waals surface area contributed by atoms with Crippen LogP contribution in [-0.4, -0.2) is 29.6 Å². The van der Waals surface area contributed by atoms with E-state index in [1.165, 1.54) is 0 Å². The molecule has 0 bridgehead atoms. The quantitative estimate of drug-likeness (QED) is 0.833. The third-order valence-electron chi connectivity index (χ3n) is 4.27. The summed E-state index contributed by atoms with van der Waals surface area (Å²) in [6.45, 7) is 3.14. The highest BCUT2D eigenvalue weighted by Crippen LogP contribution is 2.24. The summed E-state index contributed by atoms with van der Waals surface area (Å²) in [7, 11) is 0. The zero-order chi connectivity index (χ0) is 17.7. The van der Waals surface area contributed by atoms with Crippen molar-refractivity contribution in [2.24, 2.45) is 0 Å². The van der Waals surface area contributed by atoms with Crippen molar-refractivity contribution in [2.45, 2.75) is 25.3 Å². The summed E-state index contributed by atoms with van der Waals surface area (Å²) in [5, 5.41) is 3.84. The number of hydrogen-bond acceptors (Lipinski definition) is 3. The zero-order valence-corrected chi connectivity index (χ0v) is 14.9. The lowest BCUT2D eigenvalue weighted by Crippen LogP contribution is -2.50. The van der Waals surface area contributed by atoms with Gasteiger partial charge in [-0.25, -0.2) is 0 Å². The van der Waals surface area contributed by atoms with Crippen molar-refractivity contribution in [1.29, 1.82) is 0 Å². The van der Waals surface area contributed by atoms with Crippen LogP contribution in [0.3, 0.4) is 0 Å². The van der Waals surface area contributed by atoms with Crippen molar-refractivity contribution in [3.8, 4) is 0 Å². The number of rotatable bonds is 5. The lowest BCUT2D eigenvalue weighted by atomic mass is 9.90. The first-order chi connectivity index (χ1) is 12.0. The van der Waals surface area contributed by atoms with Crippen LogP contribution in [0.5, 0.6) is 0 Å². The highest BCUT2D eigenvalue weighted by atomic mass is 35.5. The lowest BCUT2D eigenvalue weighted by Gasteiger charge is -2.28. The fraction of sp³-hybridized carbons (Fsp3) is 0.300. The van der Waals surface area contributed by atoms with Gasteiger partial charge in [0.05, 0.1) is 12.1 Å². The molecule has 1 aromatic heterocycles. The molecule has 5 heteroatoms. The van der Waals surface area contributed by atoms with Crippen molar-refractivity contribution >= 4 is 23.6 Å². The topological polar surface area (TPSA) is 51.2 Å². The molecule has 2 aromatic rings. The van der Waals surface area contributed by atoms with Crippen LogP contribution in [-0.2, 0) is 16.0 Å².